The summed E-state index contributed by atoms with van der Waals surface area (Å²) >= 11 is 0. The number of nitrogens with one attached hydrogen (secondary N) is 2. The molecule has 0 bridgehead atoms. The lowest BCUT2D eigenvalue weighted by atomic mass is 9.81. The van der Waals surface area contributed by atoms with Gasteiger partial charge in [0.1, 0.15) is 12.1 Å². The first kappa shape index (κ1) is 43.0. The molecule has 0 radical (unpaired) electrons. The maximum Gasteiger partial charge on any atom is 0.431 e. The van der Waals surface area contributed by atoms with Crippen LogP contribution >= 0.6 is 0 Å². The molecule has 9 nitrogen and oxygen atoms in total. The minimum atomic E-state index is -0.651. The van der Waals surface area contributed by atoms with E-state index in [2.05, 4.69) is 135 Å². The molecule has 55 heavy (non-hydrogen) atoms. The Morgan fingerprint density at radius 3 is 2.31 bits per heavy atom. The fourth-order valence-corrected chi connectivity index (χ4v) is 7.33. The molecule has 0 aliphatic carbocycles. The number of anilines is 1. The molecule has 0 atom stereocenters. The summed E-state index contributed by atoms with van der Waals surface area (Å²) in [7, 11) is 0. The van der Waals surface area contributed by atoms with Crippen LogP contribution in [0.2, 0.25) is 0 Å². The molecular weight excluding hydrogens is 710 g/mol. The van der Waals surface area contributed by atoms with Crippen molar-refractivity contribution in [3.05, 3.63) is 119 Å². The maximum atomic E-state index is 13.0. The van der Waals surface area contributed by atoms with Gasteiger partial charge in [-0.2, -0.15) is 10.1 Å². The monoisotopic (exact) mass is 767 g/mol. The largest absolute Gasteiger partial charge is 1.00 e. The molecule has 3 heterocycles. The Morgan fingerprint density at radius 1 is 0.927 bits per heavy atom. The molecule has 2 aliphatic rings. The first-order valence-electron chi connectivity index (χ1n) is 19.3. The number of benzene rings is 2. The van der Waals surface area contributed by atoms with Gasteiger partial charge in [-0.05, 0) is 83.4 Å². The van der Waals surface area contributed by atoms with Gasteiger partial charge in [-0.25, -0.2) is 4.79 Å². The van der Waals surface area contributed by atoms with Crippen LogP contribution in [-0.4, -0.2) is 59.1 Å². The van der Waals surface area contributed by atoms with E-state index in [4.69, 9.17) is 14.6 Å². The van der Waals surface area contributed by atoms with Gasteiger partial charge < -0.3 is 27.4 Å². The van der Waals surface area contributed by atoms with Crippen molar-refractivity contribution in [2.45, 2.75) is 98.0 Å². The Kier molecular flexibility index (Phi) is 14.3. The SMILES string of the molecule is CCCN1C(=C/C=C(/C=C/C2=[N+](CCC)c3ccccc3C2(C)C)c2ccc(C(=O)NCCCONC(=O)OC(C)(C)C)cn2)C(C)(C)c2ccccc21.[Cl-]. The summed E-state index contributed by atoms with van der Waals surface area (Å²) in [6.07, 6.45) is 12.4. The Morgan fingerprint density at radius 2 is 1.64 bits per heavy atom. The topological polar surface area (TPSA) is 95.8 Å². The van der Waals surface area contributed by atoms with Gasteiger partial charge in [0.25, 0.3) is 5.91 Å². The number of pyridine rings is 1. The number of halogens is 1. The van der Waals surface area contributed by atoms with Crippen LogP contribution in [0.1, 0.15) is 109 Å². The van der Waals surface area contributed by atoms with E-state index in [1.807, 2.05) is 12.1 Å². The van der Waals surface area contributed by atoms with Crippen LogP contribution in [0.15, 0.2) is 96.9 Å². The summed E-state index contributed by atoms with van der Waals surface area (Å²) in [5, 5.41) is 2.91. The molecule has 5 rings (SSSR count). The molecule has 1 aromatic heterocycles. The van der Waals surface area contributed by atoms with Gasteiger partial charge in [-0.15, -0.1) is 0 Å². The van der Waals surface area contributed by atoms with Crippen molar-refractivity contribution in [2.24, 2.45) is 0 Å². The van der Waals surface area contributed by atoms with Crippen LogP contribution in [-0.2, 0) is 20.4 Å². The van der Waals surface area contributed by atoms with Gasteiger partial charge in [-0.3, -0.25) is 14.6 Å². The average molecular weight is 768 g/mol. The summed E-state index contributed by atoms with van der Waals surface area (Å²) < 4.78 is 7.60. The zero-order chi connectivity index (χ0) is 39.1. The Balaban J connectivity index is 0.00000673. The van der Waals surface area contributed by atoms with Crippen molar-refractivity contribution in [3.63, 3.8) is 0 Å². The average Bonchev–Trinajstić information content (AvgIpc) is 3.47. The van der Waals surface area contributed by atoms with Crippen molar-refractivity contribution < 1.29 is 36.1 Å². The number of ether oxygens (including phenoxy) is 1. The first-order valence-corrected chi connectivity index (χ1v) is 19.3. The number of hydrogen-bond acceptors (Lipinski definition) is 6. The van der Waals surface area contributed by atoms with E-state index < -0.39 is 11.7 Å². The molecule has 0 saturated carbocycles. The second kappa shape index (κ2) is 18.3. The van der Waals surface area contributed by atoms with Crippen LogP contribution in [0.25, 0.3) is 5.57 Å². The lowest BCUT2D eigenvalue weighted by Gasteiger charge is -2.26. The van der Waals surface area contributed by atoms with Crippen LogP contribution in [0.4, 0.5) is 16.2 Å². The van der Waals surface area contributed by atoms with Gasteiger partial charge in [-0.1, -0.05) is 70.2 Å². The van der Waals surface area contributed by atoms with E-state index in [9.17, 15) is 9.59 Å². The zero-order valence-corrected chi connectivity index (χ0v) is 34.7. The number of para-hydroxylation sites is 2. The zero-order valence-electron chi connectivity index (χ0n) is 34.0. The lowest BCUT2D eigenvalue weighted by molar-refractivity contribution is -0.437. The fraction of sp³-hybridized carbons (Fsp3) is 0.422. The van der Waals surface area contributed by atoms with Gasteiger partial charge in [0.15, 0.2) is 5.71 Å². The van der Waals surface area contributed by atoms with E-state index >= 15 is 0 Å². The number of allylic oxidation sites excluding steroid dienone is 6. The third-order valence-electron chi connectivity index (χ3n) is 9.92. The van der Waals surface area contributed by atoms with Crippen molar-refractivity contribution in [2.75, 3.05) is 31.1 Å². The molecule has 2 aliphatic heterocycles. The number of hydrogen-bond donors (Lipinski definition) is 2. The van der Waals surface area contributed by atoms with Crippen molar-refractivity contribution in [3.8, 4) is 0 Å². The van der Waals surface area contributed by atoms with Gasteiger partial charge in [0.2, 0.25) is 5.69 Å². The maximum absolute atomic E-state index is 13.0. The summed E-state index contributed by atoms with van der Waals surface area (Å²) in [4.78, 5) is 37.3. The van der Waals surface area contributed by atoms with Crippen molar-refractivity contribution in [1.29, 1.82) is 0 Å². The van der Waals surface area contributed by atoms with Crippen LogP contribution in [0, 0.1) is 0 Å². The second-order valence-corrected chi connectivity index (χ2v) is 16.0. The molecule has 2 amide bonds. The number of fused-ring (bicyclic) bond motifs is 2. The Bertz CT molecular complexity index is 1950. The van der Waals surface area contributed by atoms with E-state index in [0.717, 1.165) is 37.2 Å². The van der Waals surface area contributed by atoms with Gasteiger partial charge in [0, 0.05) is 65.8 Å². The minimum Gasteiger partial charge on any atom is -1.00 e. The highest BCUT2D eigenvalue weighted by atomic mass is 35.5. The molecular formula is C45H58ClN5O4. The predicted molar refractivity (Wildman–Crippen MR) is 218 cm³/mol. The highest BCUT2D eigenvalue weighted by Crippen LogP contribution is 2.47. The molecule has 10 heteroatoms. The molecule has 0 fully saturated rings. The van der Waals surface area contributed by atoms with Crippen molar-refractivity contribution >= 4 is 34.7 Å². The summed E-state index contributed by atoms with van der Waals surface area (Å²) in [6.45, 7) is 21.4. The standard InChI is InChI=1S/C45H57N5O4.ClH/c1-10-28-49-37-19-14-12-17-34(37)44(6,7)39(49)25-22-32(23-26-40-45(8,9)35-18-13-15-20-38(35)50(40)29-11-2)36-24-21-33(31-47-36)41(51)46-27-16-30-53-48-42(52)54-43(3,4)5;/h12-15,17-26,31H,10-11,16,27-30H2,1-9H3,(H-,46,48,51,52);1H. The van der Waals surface area contributed by atoms with Crippen LogP contribution < -0.4 is 28.1 Å². The Labute approximate surface area is 334 Å². The first-order chi connectivity index (χ1) is 25.7. The number of carbonyl (C=O) groups is 2. The summed E-state index contributed by atoms with van der Waals surface area (Å²) in [5.74, 6) is -0.228. The predicted octanol–water partition coefficient (Wildman–Crippen LogP) is 6.18. The number of rotatable bonds is 14. The van der Waals surface area contributed by atoms with Crippen molar-refractivity contribution in [1.82, 2.24) is 15.8 Å². The lowest BCUT2D eigenvalue weighted by Crippen LogP contribution is -3.00. The quantitative estimate of drug-likeness (QED) is 0.0882. The van der Waals surface area contributed by atoms with Gasteiger partial charge in [0.05, 0.1) is 23.3 Å². The Hall–Kier alpha value is -4.73. The van der Waals surface area contributed by atoms with E-state index in [1.165, 1.54) is 33.9 Å². The third-order valence-corrected chi connectivity index (χ3v) is 9.92. The third kappa shape index (κ3) is 9.93. The van der Waals surface area contributed by atoms with E-state index in [-0.39, 0.29) is 35.8 Å². The van der Waals surface area contributed by atoms with Crippen LogP contribution in [0.5, 0.6) is 0 Å². The van der Waals surface area contributed by atoms with Gasteiger partial charge >= 0.3 is 6.09 Å². The minimum absolute atomic E-state index is 0. The number of carbonyl (C=O) groups excluding carboxylic acids is 2. The number of hydroxylamine groups is 1. The highest BCUT2D eigenvalue weighted by molar-refractivity contribution is 6.04. The molecule has 294 valence electrons. The van der Waals surface area contributed by atoms with E-state index in [0.29, 0.717) is 18.5 Å². The summed E-state index contributed by atoms with van der Waals surface area (Å²) in [5.41, 5.74) is 11.1. The molecule has 3 aromatic rings. The number of amides is 2. The normalized spacial score (nSPS) is 16.6. The molecule has 0 unspecified atom stereocenters. The number of aromatic nitrogens is 1. The highest BCUT2D eigenvalue weighted by Gasteiger charge is 2.44. The second-order valence-electron chi connectivity index (χ2n) is 16.0. The smallest absolute Gasteiger partial charge is 0.431 e. The fourth-order valence-electron chi connectivity index (χ4n) is 7.33. The molecule has 2 aromatic carbocycles. The van der Waals surface area contributed by atoms with E-state index in [1.54, 1.807) is 27.0 Å². The number of nitrogens with zero attached hydrogens (tertiary/aromatic N) is 3. The summed E-state index contributed by atoms with van der Waals surface area (Å²) in [6, 6.07) is 21.1. The van der Waals surface area contributed by atoms with Crippen LogP contribution in [0.3, 0.4) is 0 Å². The molecule has 0 spiro atoms. The molecule has 2 N–H and O–H groups in total. The molecule has 0 saturated heterocycles.